The standard InChI is InChI=1S/C17H14O5.C14H9NO2/c1-9-7-10(3-6-13(9)21-2)8-14-15(19)11-4-5-12(18)16(20)17(11)22-14;16-14-11-6-1-2-7-12(11)17-13(14)9-10-5-3-4-8-15-10/h3-8,18,20H,1-2H3;1-9H/b14-8-;13-9-. The minimum absolute atomic E-state index is 0.0125. The van der Waals surface area contributed by atoms with Gasteiger partial charge in [0.1, 0.15) is 11.5 Å². The van der Waals surface area contributed by atoms with Crippen molar-refractivity contribution in [1.82, 2.24) is 4.98 Å². The van der Waals surface area contributed by atoms with Gasteiger partial charge in [0.15, 0.2) is 23.0 Å². The lowest BCUT2D eigenvalue weighted by Gasteiger charge is -2.05. The number of ether oxygens (including phenoxy) is 3. The average molecular weight is 522 g/mol. The van der Waals surface area contributed by atoms with Crippen molar-refractivity contribution in [2.45, 2.75) is 6.92 Å². The Balaban J connectivity index is 0.000000163. The topological polar surface area (TPSA) is 115 Å². The number of hydrogen-bond donors (Lipinski definition) is 2. The number of pyridine rings is 1. The quantitative estimate of drug-likeness (QED) is 0.260. The third-order valence-electron chi connectivity index (χ3n) is 6.05. The molecule has 39 heavy (non-hydrogen) atoms. The average Bonchev–Trinajstić information content (AvgIpc) is 3.43. The Morgan fingerprint density at radius 1 is 0.821 bits per heavy atom. The number of fused-ring (bicyclic) bond motifs is 2. The number of aromatic hydroxyl groups is 2. The molecule has 0 atom stereocenters. The minimum atomic E-state index is -0.430. The number of nitrogens with zero attached hydrogens (tertiary/aromatic N) is 1. The minimum Gasteiger partial charge on any atom is -0.504 e. The van der Waals surface area contributed by atoms with Crippen molar-refractivity contribution in [3.63, 3.8) is 0 Å². The lowest BCUT2D eigenvalue weighted by Crippen LogP contribution is -1.98. The molecule has 8 heteroatoms. The molecule has 0 unspecified atom stereocenters. The molecule has 194 valence electrons. The van der Waals surface area contributed by atoms with Gasteiger partial charge in [-0.2, -0.15) is 0 Å². The number of carbonyl (C=O) groups is 2. The molecule has 0 bridgehead atoms. The van der Waals surface area contributed by atoms with Crippen molar-refractivity contribution in [2.75, 3.05) is 7.11 Å². The van der Waals surface area contributed by atoms with Crippen LogP contribution in [0.4, 0.5) is 0 Å². The summed E-state index contributed by atoms with van der Waals surface area (Å²) < 4.78 is 16.1. The van der Waals surface area contributed by atoms with E-state index in [1.54, 1.807) is 49.7 Å². The van der Waals surface area contributed by atoms with Crippen LogP contribution in [0.5, 0.6) is 28.7 Å². The van der Waals surface area contributed by atoms with E-state index < -0.39 is 5.75 Å². The predicted molar refractivity (Wildman–Crippen MR) is 144 cm³/mol. The molecule has 2 N–H and O–H groups in total. The third kappa shape index (κ3) is 5.08. The Morgan fingerprint density at radius 3 is 2.28 bits per heavy atom. The fourth-order valence-electron chi connectivity index (χ4n) is 4.10. The molecular weight excluding hydrogens is 498 g/mol. The number of aryl methyl sites for hydroxylation is 1. The predicted octanol–water partition coefficient (Wildman–Crippen LogP) is 5.73. The molecule has 6 rings (SSSR count). The second kappa shape index (κ2) is 10.5. The van der Waals surface area contributed by atoms with Gasteiger partial charge in [0, 0.05) is 12.3 Å². The van der Waals surface area contributed by atoms with Crippen LogP contribution >= 0.6 is 0 Å². The number of rotatable bonds is 3. The summed E-state index contributed by atoms with van der Waals surface area (Å²) in [6.45, 7) is 1.90. The maximum Gasteiger partial charge on any atom is 0.232 e. The first-order valence-electron chi connectivity index (χ1n) is 11.9. The number of para-hydroxylation sites is 1. The van der Waals surface area contributed by atoms with Gasteiger partial charge in [-0.25, -0.2) is 0 Å². The summed E-state index contributed by atoms with van der Waals surface area (Å²) >= 11 is 0. The SMILES string of the molecule is COc1ccc(/C=C2\Oc3c(ccc(O)c3O)C2=O)cc1C.O=C1/C(=C/c2ccccn2)Oc2ccccc21. The molecule has 0 radical (unpaired) electrons. The van der Waals surface area contributed by atoms with Crippen LogP contribution in [0, 0.1) is 6.92 Å². The highest BCUT2D eigenvalue weighted by atomic mass is 16.5. The van der Waals surface area contributed by atoms with E-state index in [4.69, 9.17) is 14.2 Å². The van der Waals surface area contributed by atoms with Crippen LogP contribution in [-0.4, -0.2) is 33.9 Å². The number of methoxy groups -OCH3 is 1. The number of aromatic nitrogens is 1. The first kappa shape index (κ1) is 25.3. The normalized spacial score (nSPS) is 15.2. The van der Waals surface area contributed by atoms with E-state index >= 15 is 0 Å². The van der Waals surface area contributed by atoms with Crippen LogP contribution < -0.4 is 14.2 Å². The maximum atomic E-state index is 12.3. The molecule has 2 aliphatic rings. The molecule has 0 saturated carbocycles. The Bertz CT molecular complexity index is 1660. The monoisotopic (exact) mass is 521 g/mol. The highest BCUT2D eigenvalue weighted by molar-refractivity contribution is 6.15. The largest absolute Gasteiger partial charge is 0.504 e. The van der Waals surface area contributed by atoms with Crippen molar-refractivity contribution in [2.24, 2.45) is 0 Å². The Morgan fingerprint density at radius 2 is 1.56 bits per heavy atom. The number of phenols is 2. The second-order valence-electron chi connectivity index (χ2n) is 8.67. The molecule has 0 saturated heterocycles. The lowest BCUT2D eigenvalue weighted by molar-refractivity contribution is 0.101. The van der Waals surface area contributed by atoms with Crippen molar-refractivity contribution in [3.8, 4) is 28.7 Å². The van der Waals surface area contributed by atoms with Gasteiger partial charge in [0.05, 0.1) is 23.9 Å². The van der Waals surface area contributed by atoms with Gasteiger partial charge in [-0.05, 0) is 72.7 Å². The number of Topliss-reactive ketones (excluding diaryl/α,β-unsaturated/α-hetero) is 2. The van der Waals surface area contributed by atoms with Gasteiger partial charge in [0.25, 0.3) is 0 Å². The summed E-state index contributed by atoms with van der Waals surface area (Å²) in [6, 6.07) is 20.9. The molecule has 0 aliphatic carbocycles. The van der Waals surface area contributed by atoms with Crippen LogP contribution in [0.15, 0.2) is 90.5 Å². The van der Waals surface area contributed by atoms with Crippen molar-refractivity contribution >= 4 is 23.7 Å². The molecule has 8 nitrogen and oxygen atoms in total. The second-order valence-corrected chi connectivity index (χ2v) is 8.67. The van der Waals surface area contributed by atoms with E-state index in [1.807, 2.05) is 43.3 Å². The highest BCUT2D eigenvalue weighted by Crippen LogP contribution is 2.44. The number of carbonyl (C=O) groups excluding carboxylic acids is 2. The number of ketones is 2. The van der Waals surface area contributed by atoms with E-state index in [9.17, 15) is 19.8 Å². The van der Waals surface area contributed by atoms with Crippen molar-refractivity contribution < 1.29 is 34.0 Å². The molecule has 2 aliphatic heterocycles. The molecule has 4 aromatic rings. The number of allylic oxidation sites excluding steroid dienone is 2. The van der Waals surface area contributed by atoms with E-state index in [1.165, 1.54) is 12.1 Å². The first-order valence-corrected chi connectivity index (χ1v) is 11.9. The molecule has 3 heterocycles. The maximum absolute atomic E-state index is 12.3. The van der Waals surface area contributed by atoms with Gasteiger partial charge in [-0.1, -0.05) is 24.3 Å². The summed E-state index contributed by atoms with van der Waals surface area (Å²) in [6.07, 6.45) is 4.92. The zero-order chi connectivity index (χ0) is 27.5. The number of benzene rings is 3. The summed E-state index contributed by atoms with van der Waals surface area (Å²) in [5.41, 5.74) is 3.25. The Hall–Kier alpha value is -5.37. The molecular formula is C31H23NO7. The van der Waals surface area contributed by atoms with E-state index in [2.05, 4.69) is 4.98 Å². The molecule has 0 fully saturated rings. The van der Waals surface area contributed by atoms with Crippen LogP contribution in [-0.2, 0) is 0 Å². The van der Waals surface area contributed by atoms with E-state index in [0.717, 1.165) is 16.9 Å². The van der Waals surface area contributed by atoms with E-state index in [0.29, 0.717) is 22.8 Å². The van der Waals surface area contributed by atoms with Gasteiger partial charge >= 0.3 is 0 Å². The fourth-order valence-corrected chi connectivity index (χ4v) is 4.10. The summed E-state index contributed by atoms with van der Waals surface area (Å²) in [4.78, 5) is 28.4. The van der Waals surface area contributed by atoms with Gasteiger partial charge in [-0.3, -0.25) is 14.6 Å². The van der Waals surface area contributed by atoms with Crippen LogP contribution in [0.2, 0.25) is 0 Å². The Kier molecular flexibility index (Phi) is 6.84. The Labute approximate surface area is 224 Å². The van der Waals surface area contributed by atoms with Gasteiger partial charge in [0.2, 0.25) is 17.3 Å². The number of hydrogen-bond acceptors (Lipinski definition) is 8. The third-order valence-corrected chi connectivity index (χ3v) is 6.05. The zero-order valence-corrected chi connectivity index (χ0v) is 21.0. The summed E-state index contributed by atoms with van der Waals surface area (Å²) in [5.74, 6) is 0.594. The zero-order valence-electron chi connectivity index (χ0n) is 21.0. The van der Waals surface area contributed by atoms with Gasteiger partial charge in [-0.15, -0.1) is 0 Å². The smallest absolute Gasteiger partial charge is 0.232 e. The van der Waals surface area contributed by atoms with Crippen LogP contribution in [0.25, 0.3) is 12.2 Å². The molecule has 0 amide bonds. The lowest BCUT2D eigenvalue weighted by atomic mass is 10.1. The summed E-state index contributed by atoms with van der Waals surface area (Å²) in [7, 11) is 1.59. The number of phenolic OH excluding ortho intramolecular Hbond substituents is 2. The van der Waals surface area contributed by atoms with Crippen molar-refractivity contribution in [3.05, 3.63) is 118 Å². The first-order chi connectivity index (χ1) is 18.9. The molecule has 0 spiro atoms. The van der Waals surface area contributed by atoms with E-state index in [-0.39, 0.29) is 34.4 Å². The molecule has 1 aromatic heterocycles. The van der Waals surface area contributed by atoms with Crippen molar-refractivity contribution in [1.29, 1.82) is 0 Å². The molecule has 3 aromatic carbocycles. The fraction of sp³-hybridized carbons (Fsp3) is 0.0645. The van der Waals surface area contributed by atoms with Crippen LogP contribution in [0.3, 0.4) is 0 Å². The van der Waals surface area contributed by atoms with Gasteiger partial charge < -0.3 is 24.4 Å². The summed E-state index contributed by atoms with van der Waals surface area (Å²) in [5, 5.41) is 19.2. The van der Waals surface area contributed by atoms with Crippen LogP contribution in [0.1, 0.15) is 37.5 Å². The highest BCUT2D eigenvalue weighted by Gasteiger charge is 2.31.